The molecule has 2 aromatic carbocycles. The van der Waals surface area contributed by atoms with Crippen molar-refractivity contribution in [1.29, 1.82) is 0 Å². The van der Waals surface area contributed by atoms with Crippen LogP contribution < -0.4 is 4.74 Å². The fraction of sp³-hybridized carbons (Fsp3) is 0.143. The van der Waals surface area contributed by atoms with Gasteiger partial charge in [0, 0.05) is 8.95 Å². The summed E-state index contributed by atoms with van der Waals surface area (Å²) in [6.45, 7) is 1.68. The molecule has 0 radical (unpaired) electrons. The third kappa shape index (κ3) is 3.55. The molecule has 0 aliphatic rings. The molecule has 0 heterocycles. The molecule has 0 spiro atoms. The van der Waals surface area contributed by atoms with E-state index in [0.717, 1.165) is 10.0 Å². The molecule has 5 heteroatoms. The zero-order valence-corrected chi connectivity index (χ0v) is 13.2. The van der Waals surface area contributed by atoms with Crippen LogP contribution in [0.15, 0.2) is 45.3 Å². The maximum Gasteiger partial charge on any atom is 0.166 e. The van der Waals surface area contributed by atoms with Gasteiger partial charge in [-0.25, -0.2) is 4.39 Å². The molecule has 0 aromatic heterocycles. The summed E-state index contributed by atoms with van der Waals surface area (Å²) < 4.78 is 20.5. The predicted molar refractivity (Wildman–Crippen MR) is 78.9 cm³/mol. The summed E-state index contributed by atoms with van der Waals surface area (Å²) in [6, 6.07) is 9.72. The average Bonchev–Trinajstić information content (AvgIpc) is 2.32. The van der Waals surface area contributed by atoms with Crippen molar-refractivity contribution in [2.75, 3.05) is 0 Å². The molecule has 2 rings (SSSR count). The minimum absolute atomic E-state index is 0.153. The van der Waals surface area contributed by atoms with Crippen molar-refractivity contribution in [3.8, 4) is 11.5 Å². The molecule has 0 saturated carbocycles. The van der Waals surface area contributed by atoms with Crippen LogP contribution in [0.2, 0.25) is 0 Å². The second-order valence-corrected chi connectivity index (χ2v) is 5.81. The fourth-order valence-corrected chi connectivity index (χ4v) is 2.62. The third-order valence-electron chi connectivity index (χ3n) is 2.54. The van der Waals surface area contributed by atoms with Gasteiger partial charge >= 0.3 is 0 Å². The molecule has 0 bridgehead atoms. The first-order chi connectivity index (χ1) is 8.97. The zero-order valence-electron chi connectivity index (χ0n) is 10.0. The molecule has 1 N–H and O–H groups in total. The molecule has 19 heavy (non-hydrogen) atoms. The highest BCUT2D eigenvalue weighted by Gasteiger charge is 2.09. The summed E-state index contributed by atoms with van der Waals surface area (Å²) in [5.74, 6) is 0.211. The molecule has 0 unspecified atom stereocenters. The number of ether oxygens (including phenoxy) is 1. The van der Waals surface area contributed by atoms with E-state index >= 15 is 0 Å². The number of halogens is 3. The molecule has 1 atom stereocenters. The first-order valence-electron chi connectivity index (χ1n) is 5.58. The average molecular weight is 390 g/mol. The van der Waals surface area contributed by atoms with Gasteiger partial charge in [-0.1, -0.05) is 37.9 Å². The lowest BCUT2D eigenvalue weighted by Gasteiger charge is -2.11. The Bertz CT molecular complexity index is 600. The minimum Gasteiger partial charge on any atom is -0.454 e. The van der Waals surface area contributed by atoms with Gasteiger partial charge in [0.25, 0.3) is 0 Å². The number of benzene rings is 2. The standard InChI is InChI=1S/C14H11Br2FO2/c1-8(18)11-4-3-10(7-12(11)16)19-14-5-2-9(15)6-13(14)17/h2-8,18H,1H3/t8-/m1/s1. The lowest BCUT2D eigenvalue weighted by Crippen LogP contribution is -1.94. The topological polar surface area (TPSA) is 29.5 Å². The van der Waals surface area contributed by atoms with Crippen LogP contribution in [0, 0.1) is 5.82 Å². The van der Waals surface area contributed by atoms with E-state index in [2.05, 4.69) is 31.9 Å². The van der Waals surface area contributed by atoms with E-state index in [1.807, 2.05) is 0 Å². The van der Waals surface area contributed by atoms with Crippen molar-refractivity contribution in [2.24, 2.45) is 0 Å². The fourth-order valence-electron chi connectivity index (χ4n) is 1.60. The number of hydrogen-bond acceptors (Lipinski definition) is 2. The van der Waals surface area contributed by atoms with Gasteiger partial charge in [-0.2, -0.15) is 0 Å². The van der Waals surface area contributed by atoms with E-state index in [0.29, 0.717) is 10.2 Å². The lowest BCUT2D eigenvalue weighted by atomic mass is 10.1. The molecule has 0 amide bonds. The Labute approximate surface area is 127 Å². The van der Waals surface area contributed by atoms with Crippen LogP contribution >= 0.6 is 31.9 Å². The van der Waals surface area contributed by atoms with Crippen LogP contribution in [0.4, 0.5) is 4.39 Å². The van der Waals surface area contributed by atoms with Gasteiger partial charge in [-0.05, 0) is 42.8 Å². The molecule has 0 aliphatic heterocycles. The van der Waals surface area contributed by atoms with Crippen molar-refractivity contribution in [3.05, 3.63) is 56.7 Å². The van der Waals surface area contributed by atoms with Gasteiger partial charge in [-0.3, -0.25) is 0 Å². The molecule has 2 aromatic rings. The Morgan fingerprint density at radius 3 is 2.47 bits per heavy atom. The highest BCUT2D eigenvalue weighted by atomic mass is 79.9. The Balaban J connectivity index is 2.26. The Morgan fingerprint density at radius 1 is 1.16 bits per heavy atom. The van der Waals surface area contributed by atoms with E-state index in [4.69, 9.17) is 4.74 Å². The number of aliphatic hydroxyl groups excluding tert-OH is 1. The molecule has 0 aliphatic carbocycles. The Morgan fingerprint density at radius 2 is 1.89 bits per heavy atom. The molecular formula is C14H11Br2FO2. The van der Waals surface area contributed by atoms with Crippen molar-refractivity contribution < 1.29 is 14.2 Å². The van der Waals surface area contributed by atoms with E-state index in [9.17, 15) is 9.50 Å². The van der Waals surface area contributed by atoms with Crippen molar-refractivity contribution in [1.82, 2.24) is 0 Å². The normalized spacial score (nSPS) is 12.3. The Kier molecular flexibility index (Phi) is 4.60. The van der Waals surface area contributed by atoms with Crippen LogP contribution in [0.5, 0.6) is 11.5 Å². The van der Waals surface area contributed by atoms with Gasteiger partial charge < -0.3 is 9.84 Å². The highest BCUT2D eigenvalue weighted by molar-refractivity contribution is 9.10. The number of rotatable bonds is 3. The van der Waals surface area contributed by atoms with Crippen molar-refractivity contribution in [3.63, 3.8) is 0 Å². The minimum atomic E-state index is -0.576. The summed E-state index contributed by atoms with van der Waals surface area (Å²) in [7, 11) is 0. The van der Waals surface area contributed by atoms with Crippen LogP contribution in [0.1, 0.15) is 18.6 Å². The van der Waals surface area contributed by atoms with Crippen LogP contribution in [-0.4, -0.2) is 5.11 Å². The molecule has 2 nitrogen and oxygen atoms in total. The predicted octanol–water partition coefficient (Wildman–Crippen LogP) is 5.20. The second-order valence-electron chi connectivity index (χ2n) is 4.04. The van der Waals surface area contributed by atoms with Crippen LogP contribution in [0.25, 0.3) is 0 Å². The van der Waals surface area contributed by atoms with Crippen LogP contribution in [-0.2, 0) is 0 Å². The van der Waals surface area contributed by atoms with E-state index in [1.54, 1.807) is 37.3 Å². The largest absolute Gasteiger partial charge is 0.454 e. The van der Waals surface area contributed by atoms with Crippen molar-refractivity contribution >= 4 is 31.9 Å². The summed E-state index contributed by atoms with van der Waals surface area (Å²) in [4.78, 5) is 0. The van der Waals surface area contributed by atoms with Gasteiger partial charge in [0.2, 0.25) is 0 Å². The summed E-state index contributed by atoms with van der Waals surface area (Å²) in [5.41, 5.74) is 0.753. The smallest absolute Gasteiger partial charge is 0.166 e. The van der Waals surface area contributed by atoms with E-state index < -0.39 is 11.9 Å². The van der Waals surface area contributed by atoms with Gasteiger partial charge in [0.05, 0.1) is 6.10 Å². The summed E-state index contributed by atoms with van der Waals surface area (Å²) in [5, 5.41) is 9.52. The maximum absolute atomic E-state index is 13.6. The molecular weight excluding hydrogens is 379 g/mol. The summed E-state index contributed by atoms with van der Waals surface area (Å²) in [6.07, 6.45) is -0.576. The maximum atomic E-state index is 13.6. The summed E-state index contributed by atoms with van der Waals surface area (Å²) >= 11 is 6.54. The number of hydrogen-bond donors (Lipinski definition) is 1. The van der Waals surface area contributed by atoms with Gasteiger partial charge in [0.15, 0.2) is 11.6 Å². The molecule has 0 fully saturated rings. The second kappa shape index (κ2) is 6.03. The van der Waals surface area contributed by atoms with E-state index in [-0.39, 0.29) is 5.75 Å². The van der Waals surface area contributed by atoms with Crippen molar-refractivity contribution in [2.45, 2.75) is 13.0 Å². The van der Waals surface area contributed by atoms with Gasteiger partial charge in [-0.15, -0.1) is 0 Å². The SMILES string of the molecule is C[C@@H](O)c1ccc(Oc2ccc(Br)cc2F)cc1Br. The molecule has 100 valence electrons. The highest BCUT2D eigenvalue weighted by Crippen LogP contribution is 2.31. The third-order valence-corrected chi connectivity index (χ3v) is 3.72. The zero-order chi connectivity index (χ0) is 14.0. The first-order valence-corrected chi connectivity index (χ1v) is 7.16. The number of aliphatic hydroxyl groups is 1. The van der Waals surface area contributed by atoms with Crippen LogP contribution in [0.3, 0.4) is 0 Å². The quantitative estimate of drug-likeness (QED) is 0.781. The van der Waals surface area contributed by atoms with E-state index in [1.165, 1.54) is 6.07 Å². The van der Waals surface area contributed by atoms with Gasteiger partial charge in [0.1, 0.15) is 5.75 Å². The molecule has 0 saturated heterocycles. The monoisotopic (exact) mass is 388 g/mol. The Hall–Kier alpha value is -0.910. The first kappa shape index (κ1) is 14.5. The lowest BCUT2D eigenvalue weighted by molar-refractivity contribution is 0.198.